The smallest absolute Gasteiger partial charge is 0.254 e. The standard InChI is InChI=1S/C30H31N7O4/c1-34-12-11-20-18-24-27(41-19-40-24)28(39-2)25(20)26(34)29-31-32-33-37(29)23-10-6-7-21(17-23)30(38)36-15-13-35(14-16-36)22-8-4-3-5-9-22/h3-10,17-18,26H,11-16,19H2,1-2H3/t26-/m1/s1. The molecule has 0 N–H and O–H groups in total. The van der Waals surface area contributed by atoms with E-state index < -0.39 is 0 Å². The van der Waals surface area contributed by atoms with E-state index in [0.717, 1.165) is 42.9 Å². The van der Waals surface area contributed by atoms with Crippen LogP contribution >= 0.6 is 0 Å². The number of piperazine rings is 1. The molecule has 0 bridgehead atoms. The SMILES string of the molecule is COc1c2c(cc3c1[C@H](c1nnnn1-c1cccc(C(=O)N4CCN(c5ccccc5)CC4)c1)N(C)CC3)OCO2. The van der Waals surface area contributed by atoms with Gasteiger partial charge in [-0.15, -0.1) is 5.10 Å². The Kier molecular flexibility index (Phi) is 6.43. The second kappa shape index (κ2) is 10.4. The summed E-state index contributed by atoms with van der Waals surface area (Å²) in [6.45, 7) is 3.87. The molecule has 1 atom stereocenters. The maximum absolute atomic E-state index is 13.6. The number of hydrogen-bond donors (Lipinski definition) is 0. The number of anilines is 1. The maximum atomic E-state index is 13.6. The molecule has 0 aliphatic carbocycles. The number of carbonyl (C=O) groups excluding carboxylic acids is 1. The molecule has 41 heavy (non-hydrogen) atoms. The fraction of sp³-hybridized carbons (Fsp3) is 0.333. The second-order valence-corrected chi connectivity index (χ2v) is 10.5. The van der Waals surface area contributed by atoms with E-state index in [9.17, 15) is 4.79 Å². The lowest BCUT2D eigenvalue weighted by Gasteiger charge is -2.36. The Balaban J connectivity index is 1.17. The molecule has 11 nitrogen and oxygen atoms in total. The number of aromatic nitrogens is 4. The quantitative estimate of drug-likeness (QED) is 0.370. The van der Waals surface area contributed by atoms with Crippen LogP contribution in [-0.2, 0) is 6.42 Å². The lowest BCUT2D eigenvalue weighted by Crippen LogP contribution is -2.48. The van der Waals surface area contributed by atoms with Crippen molar-refractivity contribution >= 4 is 11.6 Å². The van der Waals surface area contributed by atoms with Crippen LogP contribution in [0.3, 0.4) is 0 Å². The first-order valence-electron chi connectivity index (χ1n) is 13.8. The van der Waals surface area contributed by atoms with Gasteiger partial charge in [0, 0.05) is 49.5 Å². The summed E-state index contributed by atoms with van der Waals surface area (Å²) >= 11 is 0. The van der Waals surface area contributed by atoms with Crippen molar-refractivity contribution in [1.82, 2.24) is 30.0 Å². The molecule has 4 heterocycles. The first-order valence-corrected chi connectivity index (χ1v) is 13.8. The minimum Gasteiger partial charge on any atom is -0.492 e. The van der Waals surface area contributed by atoms with Crippen LogP contribution in [0.15, 0.2) is 60.7 Å². The Morgan fingerprint density at radius 2 is 1.76 bits per heavy atom. The number of amides is 1. The van der Waals surface area contributed by atoms with Gasteiger partial charge in [-0.3, -0.25) is 9.69 Å². The van der Waals surface area contributed by atoms with Crippen molar-refractivity contribution < 1.29 is 19.0 Å². The molecule has 7 rings (SSSR count). The van der Waals surface area contributed by atoms with Crippen LogP contribution in [0.25, 0.3) is 5.69 Å². The predicted molar refractivity (Wildman–Crippen MR) is 151 cm³/mol. The highest BCUT2D eigenvalue weighted by Crippen LogP contribution is 2.50. The molecule has 1 saturated heterocycles. The summed E-state index contributed by atoms with van der Waals surface area (Å²) in [5.41, 5.74) is 4.59. The molecular formula is C30H31N7O4. The van der Waals surface area contributed by atoms with Gasteiger partial charge in [-0.05, 0) is 65.9 Å². The first-order chi connectivity index (χ1) is 20.1. The highest BCUT2D eigenvalue weighted by atomic mass is 16.7. The number of rotatable bonds is 5. The zero-order valence-electron chi connectivity index (χ0n) is 23.1. The number of carbonyl (C=O) groups is 1. The number of fused-ring (bicyclic) bond motifs is 2. The highest BCUT2D eigenvalue weighted by molar-refractivity contribution is 5.95. The average Bonchev–Trinajstić information content (AvgIpc) is 3.70. The van der Waals surface area contributed by atoms with Crippen molar-refractivity contribution in [2.45, 2.75) is 12.5 Å². The Morgan fingerprint density at radius 3 is 2.56 bits per heavy atom. The molecule has 11 heteroatoms. The van der Waals surface area contributed by atoms with Gasteiger partial charge < -0.3 is 24.0 Å². The molecule has 1 fully saturated rings. The van der Waals surface area contributed by atoms with Crippen molar-refractivity contribution in [2.75, 3.05) is 58.6 Å². The molecule has 4 aromatic rings. The van der Waals surface area contributed by atoms with E-state index in [4.69, 9.17) is 14.2 Å². The minimum absolute atomic E-state index is 0.00342. The number of methoxy groups -OCH3 is 1. The number of ether oxygens (including phenoxy) is 3. The fourth-order valence-corrected chi connectivity index (χ4v) is 6.07. The first kappa shape index (κ1) is 25.3. The summed E-state index contributed by atoms with van der Waals surface area (Å²) in [6, 6.07) is 19.6. The van der Waals surface area contributed by atoms with Crippen LogP contribution in [0.2, 0.25) is 0 Å². The average molecular weight is 554 g/mol. The van der Waals surface area contributed by atoms with Crippen molar-refractivity contribution in [2.24, 2.45) is 0 Å². The number of likely N-dealkylation sites (N-methyl/N-ethyl adjacent to an activating group) is 1. The number of benzene rings is 3. The molecule has 0 radical (unpaired) electrons. The summed E-state index contributed by atoms with van der Waals surface area (Å²) in [6.07, 6.45) is 0.832. The topological polar surface area (TPSA) is 98.1 Å². The van der Waals surface area contributed by atoms with Crippen LogP contribution in [-0.4, -0.2) is 89.6 Å². The molecule has 1 aromatic heterocycles. The summed E-state index contributed by atoms with van der Waals surface area (Å²) in [5.74, 6) is 2.57. The zero-order valence-corrected chi connectivity index (χ0v) is 23.1. The lowest BCUT2D eigenvalue weighted by atomic mass is 9.90. The van der Waals surface area contributed by atoms with Gasteiger partial charge in [0.25, 0.3) is 5.91 Å². The van der Waals surface area contributed by atoms with E-state index in [0.29, 0.717) is 41.7 Å². The monoisotopic (exact) mass is 553 g/mol. The van der Waals surface area contributed by atoms with Crippen molar-refractivity contribution in [3.63, 3.8) is 0 Å². The van der Waals surface area contributed by atoms with Crippen LogP contribution in [0.1, 0.15) is 33.4 Å². The molecule has 3 aliphatic rings. The van der Waals surface area contributed by atoms with E-state index in [-0.39, 0.29) is 18.7 Å². The van der Waals surface area contributed by atoms with Crippen molar-refractivity contribution in [3.8, 4) is 22.9 Å². The Hall–Kier alpha value is -4.64. The minimum atomic E-state index is -0.288. The predicted octanol–water partition coefficient (Wildman–Crippen LogP) is 2.94. The Labute approximate surface area is 237 Å². The van der Waals surface area contributed by atoms with Gasteiger partial charge in [-0.25, -0.2) is 0 Å². The van der Waals surface area contributed by atoms with Crippen LogP contribution in [0, 0.1) is 0 Å². The molecule has 0 unspecified atom stereocenters. The van der Waals surface area contributed by atoms with E-state index >= 15 is 0 Å². The van der Waals surface area contributed by atoms with Crippen LogP contribution in [0.5, 0.6) is 17.2 Å². The Bertz CT molecular complexity index is 1580. The van der Waals surface area contributed by atoms with Crippen LogP contribution in [0.4, 0.5) is 5.69 Å². The van der Waals surface area contributed by atoms with E-state index in [1.807, 2.05) is 60.5 Å². The molecular weight excluding hydrogens is 522 g/mol. The summed E-state index contributed by atoms with van der Waals surface area (Å²) in [5, 5.41) is 12.9. The summed E-state index contributed by atoms with van der Waals surface area (Å²) in [4.78, 5) is 20.0. The molecule has 0 saturated carbocycles. The normalized spacial score (nSPS) is 18.3. The maximum Gasteiger partial charge on any atom is 0.254 e. The van der Waals surface area contributed by atoms with E-state index in [1.165, 1.54) is 5.69 Å². The fourth-order valence-electron chi connectivity index (χ4n) is 6.07. The zero-order chi connectivity index (χ0) is 27.9. The molecule has 3 aromatic carbocycles. The van der Waals surface area contributed by atoms with Crippen molar-refractivity contribution in [1.29, 1.82) is 0 Å². The third-order valence-electron chi connectivity index (χ3n) is 8.16. The van der Waals surface area contributed by atoms with Crippen molar-refractivity contribution in [3.05, 3.63) is 83.2 Å². The van der Waals surface area contributed by atoms with Gasteiger partial charge >= 0.3 is 0 Å². The second-order valence-electron chi connectivity index (χ2n) is 10.5. The summed E-state index contributed by atoms with van der Waals surface area (Å²) < 4.78 is 19.0. The largest absolute Gasteiger partial charge is 0.492 e. The van der Waals surface area contributed by atoms with Gasteiger partial charge in [-0.1, -0.05) is 24.3 Å². The molecule has 210 valence electrons. The third kappa shape index (κ3) is 4.42. The van der Waals surface area contributed by atoms with E-state index in [1.54, 1.807) is 11.8 Å². The Morgan fingerprint density at radius 1 is 0.951 bits per heavy atom. The number of nitrogens with zero attached hydrogens (tertiary/aromatic N) is 7. The number of hydrogen-bond acceptors (Lipinski definition) is 9. The van der Waals surface area contributed by atoms with Gasteiger partial charge in [0.05, 0.1) is 12.8 Å². The van der Waals surface area contributed by atoms with Gasteiger partial charge in [0.15, 0.2) is 17.3 Å². The molecule has 1 amide bonds. The summed E-state index contributed by atoms with van der Waals surface area (Å²) in [7, 11) is 3.69. The third-order valence-corrected chi connectivity index (χ3v) is 8.16. The van der Waals surface area contributed by atoms with Gasteiger partial charge in [-0.2, -0.15) is 4.68 Å². The number of tetrazole rings is 1. The van der Waals surface area contributed by atoms with Gasteiger partial charge in [0.1, 0.15) is 6.04 Å². The lowest BCUT2D eigenvalue weighted by molar-refractivity contribution is 0.0746. The highest BCUT2D eigenvalue weighted by Gasteiger charge is 2.38. The molecule has 0 spiro atoms. The van der Waals surface area contributed by atoms with Crippen LogP contribution < -0.4 is 19.1 Å². The molecule has 3 aliphatic heterocycles. The number of para-hydroxylation sites is 1. The van der Waals surface area contributed by atoms with Gasteiger partial charge in [0.2, 0.25) is 12.5 Å². The van der Waals surface area contributed by atoms with E-state index in [2.05, 4.69) is 37.5 Å².